The fraction of sp³-hybridized carbons (Fsp3) is 0.222. The normalized spacial score (nSPS) is 13.0. The van der Waals surface area contributed by atoms with Gasteiger partial charge in [-0.05, 0) is 48.4 Å². The van der Waals surface area contributed by atoms with Crippen LogP contribution >= 0.6 is 0 Å². The van der Waals surface area contributed by atoms with E-state index in [4.69, 9.17) is 9.47 Å². The van der Waals surface area contributed by atoms with Gasteiger partial charge < -0.3 is 9.47 Å². The molecule has 1 N–H and O–H groups in total. The van der Waals surface area contributed by atoms with Crippen LogP contribution in [0.25, 0.3) is 0 Å². The highest BCUT2D eigenvalue weighted by Gasteiger charge is 2.20. The number of rotatable bonds is 6. The van der Waals surface area contributed by atoms with Gasteiger partial charge in [-0.1, -0.05) is 12.1 Å². The monoisotopic (exact) mass is 389 g/mol. The number of hydrogen-bond acceptors (Lipinski definition) is 6. The van der Waals surface area contributed by atoms with Gasteiger partial charge in [0.1, 0.15) is 6.54 Å². The predicted molar refractivity (Wildman–Crippen MR) is 102 cm³/mol. The lowest BCUT2D eigenvalue weighted by molar-refractivity contribution is -0.119. The molecule has 142 valence electrons. The number of hydrogen-bond donors (Lipinski definition) is 1. The zero-order valence-corrected chi connectivity index (χ0v) is 15.7. The van der Waals surface area contributed by atoms with Crippen molar-refractivity contribution in [2.75, 3.05) is 23.9 Å². The Morgan fingerprint density at radius 3 is 2.74 bits per heavy atom. The highest BCUT2D eigenvalue weighted by atomic mass is 32.2. The molecule has 0 aliphatic carbocycles. The van der Waals surface area contributed by atoms with E-state index in [1.54, 1.807) is 36.4 Å². The Morgan fingerprint density at radius 2 is 2.00 bits per heavy atom. The van der Waals surface area contributed by atoms with Crippen LogP contribution in [0.5, 0.6) is 11.5 Å². The molecule has 0 fully saturated rings. The van der Waals surface area contributed by atoms with Crippen molar-refractivity contribution in [3.8, 4) is 11.5 Å². The lowest BCUT2D eigenvalue weighted by Crippen LogP contribution is -2.39. The minimum atomic E-state index is -3.62. The molecule has 8 nitrogen and oxygen atoms in total. The first-order valence-electron chi connectivity index (χ1n) is 8.09. The Labute approximate surface area is 157 Å². The average molecular weight is 389 g/mol. The van der Waals surface area contributed by atoms with Crippen LogP contribution in [0.4, 0.5) is 5.69 Å². The van der Waals surface area contributed by atoms with Gasteiger partial charge >= 0.3 is 0 Å². The molecule has 1 amide bonds. The quantitative estimate of drug-likeness (QED) is 0.598. The van der Waals surface area contributed by atoms with Gasteiger partial charge in [0.25, 0.3) is 5.91 Å². The van der Waals surface area contributed by atoms with Crippen molar-refractivity contribution in [1.29, 1.82) is 0 Å². The van der Waals surface area contributed by atoms with Crippen molar-refractivity contribution >= 4 is 27.8 Å². The second kappa shape index (κ2) is 7.67. The summed E-state index contributed by atoms with van der Waals surface area (Å²) in [6, 6.07) is 12.2. The fourth-order valence-corrected chi connectivity index (χ4v) is 3.37. The number of fused-ring (bicyclic) bond motifs is 1. The van der Waals surface area contributed by atoms with E-state index in [0.717, 1.165) is 16.1 Å². The zero-order valence-electron chi connectivity index (χ0n) is 14.9. The highest BCUT2D eigenvalue weighted by molar-refractivity contribution is 7.92. The zero-order chi connectivity index (χ0) is 19.4. The number of amides is 1. The average Bonchev–Trinajstić information content (AvgIpc) is 3.06. The number of ether oxygens (including phenoxy) is 2. The van der Waals surface area contributed by atoms with Crippen LogP contribution < -0.4 is 19.2 Å². The van der Waals surface area contributed by atoms with Gasteiger partial charge in [-0.15, -0.1) is 0 Å². The van der Waals surface area contributed by atoms with Crippen molar-refractivity contribution in [2.24, 2.45) is 5.10 Å². The maximum Gasteiger partial charge on any atom is 0.260 e. The van der Waals surface area contributed by atoms with Crippen molar-refractivity contribution in [3.63, 3.8) is 0 Å². The fourth-order valence-electron chi connectivity index (χ4n) is 2.52. The topological polar surface area (TPSA) is 97.3 Å². The minimum absolute atomic E-state index is 0.174. The third kappa shape index (κ3) is 4.76. The van der Waals surface area contributed by atoms with Crippen molar-refractivity contribution in [3.05, 3.63) is 53.6 Å². The summed E-state index contributed by atoms with van der Waals surface area (Å²) in [6.07, 6.45) is 2.50. The maximum absolute atomic E-state index is 12.2. The van der Waals surface area contributed by atoms with Crippen molar-refractivity contribution in [1.82, 2.24) is 5.43 Å². The van der Waals surface area contributed by atoms with Crippen LogP contribution in [-0.4, -0.2) is 40.1 Å². The van der Waals surface area contributed by atoms with E-state index < -0.39 is 15.9 Å². The van der Waals surface area contributed by atoms with Gasteiger partial charge in [-0.25, -0.2) is 13.8 Å². The Morgan fingerprint density at radius 1 is 1.22 bits per heavy atom. The third-order valence-electron chi connectivity index (χ3n) is 3.78. The third-order valence-corrected chi connectivity index (χ3v) is 4.92. The van der Waals surface area contributed by atoms with E-state index in [0.29, 0.717) is 22.7 Å². The van der Waals surface area contributed by atoms with Crippen molar-refractivity contribution < 1.29 is 22.7 Å². The molecular formula is C18H19N3O5S. The number of hydrazone groups is 1. The lowest BCUT2D eigenvalue weighted by atomic mass is 10.2. The molecule has 1 aliphatic rings. The Balaban J connectivity index is 1.66. The molecule has 1 aliphatic heterocycles. The first-order valence-corrected chi connectivity index (χ1v) is 9.94. The molecular weight excluding hydrogens is 370 g/mol. The van der Waals surface area contributed by atoms with E-state index in [2.05, 4.69) is 10.5 Å². The summed E-state index contributed by atoms with van der Waals surface area (Å²) in [7, 11) is -3.62. The molecule has 0 saturated heterocycles. The number of nitrogens with zero attached hydrogens (tertiary/aromatic N) is 2. The summed E-state index contributed by atoms with van der Waals surface area (Å²) in [5, 5.41) is 3.87. The number of aryl methyl sites for hydroxylation is 1. The molecule has 1 heterocycles. The maximum atomic E-state index is 12.2. The molecule has 0 bridgehead atoms. The van der Waals surface area contributed by atoms with Gasteiger partial charge in [-0.3, -0.25) is 9.10 Å². The molecule has 0 aromatic heterocycles. The predicted octanol–water partition coefficient (Wildman–Crippen LogP) is 1.64. The van der Waals surface area contributed by atoms with Crippen LogP contribution in [0.15, 0.2) is 47.6 Å². The van der Waals surface area contributed by atoms with Crippen LogP contribution in [0.2, 0.25) is 0 Å². The van der Waals surface area contributed by atoms with E-state index in [1.165, 1.54) is 6.21 Å². The van der Waals surface area contributed by atoms with E-state index >= 15 is 0 Å². The van der Waals surface area contributed by atoms with Crippen LogP contribution in [0.3, 0.4) is 0 Å². The Hall–Kier alpha value is -3.07. The van der Waals surface area contributed by atoms with Gasteiger partial charge in [0.15, 0.2) is 11.5 Å². The lowest BCUT2D eigenvalue weighted by Gasteiger charge is -2.21. The van der Waals surface area contributed by atoms with E-state index in [9.17, 15) is 13.2 Å². The SMILES string of the molecule is Cc1cccc(N(CC(=O)N/N=C\c2ccc3c(c2)OCO3)S(C)(=O)=O)c1. The first kappa shape index (κ1) is 18.7. The second-order valence-electron chi connectivity index (χ2n) is 6.01. The summed E-state index contributed by atoms with van der Waals surface area (Å²) in [4.78, 5) is 12.2. The largest absolute Gasteiger partial charge is 0.454 e. The number of carbonyl (C=O) groups is 1. The standard InChI is InChI=1S/C18H19N3O5S/c1-13-4-3-5-15(8-13)21(27(2,23)24)11-18(22)20-19-10-14-6-7-16-17(9-14)26-12-25-16/h3-10H,11-12H2,1-2H3,(H,20,22)/b19-10-. The molecule has 0 radical (unpaired) electrons. The molecule has 0 atom stereocenters. The van der Waals surface area contributed by atoms with Crippen LogP contribution in [-0.2, 0) is 14.8 Å². The number of anilines is 1. The molecule has 9 heteroatoms. The molecule has 2 aromatic rings. The molecule has 0 spiro atoms. The number of nitrogens with one attached hydrogen (secondary N) is 1. The van der Waals surface area contributed by atoms with Gasteiger partial charge in [0.05, 0.1) is 18.2 Å². The van der Waals surface area contributed by atoms with E-state index in [1.807, 2.05) is 13.0 Å². The van der Waals surface area contributed by atoms with Gasteiger partial charge in [0, 0.05) is 0 Å². The van der Waals surface area contributed by atoms with Crippen molar-refractivity contribution in [2.45, 2.75) is 6.92 Å². The van der Waals surface area contributed by atoms with Gasteiger partial charge in [-0.2, -0.15) is 5.10 Å². The summed E-state index contributed by atoms with van der Waals surface area (Å²) in [5.74, 6) is 0.699. The Kier molecular flexibility index (Phi) is 5.31. The highest BCUT2D eigenvalue weighted by Crippen LogP contribution is 2.31. The number of carbonyl (C=O) groups excluding carboxylic acids is 1. The molecule has 0 saturated carbocycles. The van der Waals surface area contributed by atoms with Gasteiger partial charge in [0.2, 0.25) is 16.8 Å². The molecule has 0 unspecified atom stereocenters. The number of sulfonamides is 1. The molecule has 27 heavy (non-hydrogen) atoms. The summed E-state index contributed by atoms with van der Waals surface area (Å²) in [6.45, 7) is 1.65. The molecule has 3 rings (SSSR count). The summed E-state index contributed by atoms with van der Waals surface area (Å²) in [5.41, 5.74) is 4.36. The minimum Gasteiger partial charge on any atom is -0.454 e. The van der Waals surface area contributed by atoms with Crippen LogP contribution in [0, 0.1) is 6.92 Å². The first-order chi connectivity index (χ1) is 12.8. The van der Waals surface area contributed by atoms with E-state index in [-0.39, 0.29) is 13.3 Å². The Bertz CT molecular complexity index is 988. The van der Waals surface area contributed by atoms with Crippen LogP contribution in [0.1, 0.15) is 11.1 Å². The molecule has 2 aromatic carbocycles. The number of benzene rings is 2. The summed E-state index contributed by atoms with van der Waals surface area (Å²) < 4.78 is 35.7. The second-order valence-corrected chi connectivity index (χ2v) is 7.92. The summed E-state index contributed by atoms with van der Waals surface area (Å²) >= 11 is 0. The smallest absolute Gasteiger partial charge is 0.260 e.